The first-order valence-corrected chi connectivity index (χ1v) is 9.60. The summed E-state index contributed by atoms with van der Waals surface area (Å²) in [4.78, 5) is 26.0. The van der Waals surface area contributed by atoms with E-state index in [2.05, 4.69) is 26.1 Å². The van der Waals surface area contributed by atoms with Gasteiger partial charge in [-0.2, -0.15) is 0 Å². The molecule has 0 bridgehead atoms. The number of benzene rings is 1. The summed E-state index contributed by atoms with van der Waals surface area (Å²) in [6, 6.07) is 7.97. The van der Waals surface area contributed by atoms with Crippen molar-refractivity contribution in [1.29, 1.82) is 0 Å². The van der Waals surface area contributed by atoms with Gasteiger partial charge in [0.2, 0.25) is 5.91 Å². The highest BCUT2D eigenvalue weighted by Gasteiger charge is 2.24. The number of ether oxygens (including phenoxy) is 1. The van der Waals surface area contributed by atoms with E-state index in [9.17, 15) is 9.59 Å². The SMILES string of the molecule is CCCC(=O)NC1CCCN(C(=O)COc2ccc(C(C)(C)C)cc2)C1. The van der Waals surface area contributed by atoms with E-state index in [1.165, 1.54) is 5.56 Å². The standard InChI is InChI=1S/C21H32N2O3/c1-5-7-19(24)22-17-8-6-13-23(14-17)20(25)15-26-18-11-9-16(10-12-18)21(2,3)4/h9-12,17H,5-8,13-15H2,1-4H3,(H,22,24). The molecule has 5 nitrogen and oxygen atoms in total. The van der Waals surface area contributed by atoms with E-state index in [1.54, 1.807) is 4.90 Å². The summed E-state index contributed by atoms with van der Waals surface area (Å²) < 4.78 is 5.67. The smallest absolute Gasteiger partial charge is 0.260 e. The molecule has 1 unspecified atom stereocenters. The van der Waals surface area contributed by atoms with Crippen molar-refractivity contribution in [3.63, 3.8) is 0 Å². The van der Waals surface area contributed by atoms with Gasteiger partial charge in [-0.3, -0.25) is 9.59 Å². The normalized spacial score (nSPS) is 17.7. The Morgan fingerprint density at radius 3 is 2.54 bits per heavy atom. The minimum absolute atomic E-state index is 0.0284. The molecule has 1 aliphatic heterocycles. The van der Waals surface area contributed by atoms with Crippen LogP contribution in [0.5, 0.6) is 5.75 Å². The van der Waals surface area contributed by atoms with Crippen molar-refractivity contribution in [2.45, 2.75) is 64.8 Å². The van der Waals surface area contributed by atoms with Crippen molar-refractivity contribution >= 4 is 11.8 Å². The Morgan fingerprint density at radius 2 is 1.92 bits per heavy atom. The lowest BCUT2D eigenvalue weighted by Crippen LogP contribution is -2.50. The Morgan fingerprint density at radius 1 is 1.23 bits per heavy atom. The zero-order valence-corrected chi connectivity index (χ0v) is 16.5. The molecule has 1 N–H and O–H groups in total. The number of likely N-dealkylation sites (tertiary alicyclic amines) is 1. The molecule has 0 radical (unpaired) electrons. The highest BCUT2D eigenvalue weighted by molar-refractivity contribution is 5.78. The highest BCUT2D eigenvalue weighted by Crippen LogP contribution is 2.24. The molecule has 2 rings (SSSR count). The second kappa shape index (κ2) is 9.06. The molecule has 2 amide bonds. The number of carbonyl (C=O) groups is 2. The molecule has 0 saturated carbocycles. The number of carbonyl (C=O) groups excluding carboxylic acids is 2. The van der Waals surface area contributed by atoms with Gasteiger partial charge in [0, 0.05) is 25.6 Å². The number of rotatable bonds is 6. The van der Waals surface area contributed by atoms with Gasteiger partial charge in [-0.05, 0) is 42.4 Å². The van der Waals surface area contributed by atoms with Crippen molar-refractivity contribution in [2.75, 3.05) is 19.7 Å². The van der Waals surface area contributed by atoms with Crippen LogP contribution in [0.2, 0.25) is 0 Å². The minimum atomic E-state index is -0.0284. The molecule has 1 aliphatic rings. The predicted octanol–water partition coefficient (Wildman–Crippen LogP) is 3.27. The fourth-order valence-corrected chi connectivity index (χ4v) is 3.14. The second-order valence-corrected chi connectivity index (χ2v) is 8.06. The van der Waals surface area contributed by atoms with Crippen LogP contribution in [-0.2, 0) is 15.0 Å². The summed E-state index contributed by atoms with van der Waals surface area (Å²) in [6.07, 6.45) is 3.21. The predicted molar refractivity (Wildman–Crippen MR) is 103 cm³/mol. The van der Waals surface area contributed by atoms with Crippen LogP contribution >= 0.6 is 0 Å². The van der Waals surface area contributed by atoms with E-state index < -0.39 is 0 Å². The van der Waals surface area contributed by atoms with Crippen molar-refractivity contribution in [3.05, 3.63) is 29.8 Å². The summed E-state index contributed by atoms with van der Waals surface area (Å²) in [5.74, 6) is 0.748. The molecule has 1 saturated heterocycles. The fourth-order valence-electron chi connectivity index (χ4n) is 3.14. The molecule has 1 atom stereocenters. The molecule has 5 heteroatoms. The third-order valence-corrected chi connectivity index (χ3v) is 4.70. The monoisotopic (exact) mass is 360 g/mol. The third kappa shape index (κ3) is 6.04. The minimum Gasteiger partial charge on any atom is -0.484 e. The molecular formula is C21H32N2O3. The average Bonchev–Trinajstić information content (AvgIpc) is 2.59. The van der Waals surface area contributed by atoms with Crippen LogP contribution in [0.4, 0.5) is 0 Å². The van der Waals surface area contributed by atoms with Gasteiger partial charge in [-0.25, -0.2) is 0 Å². The van der Waals surface area contributed by atoms with Crippen molar-refractivity contribution < 1.29 is 14.3 Å². The molecule has 1 aromatic rings. The van der Waals surface area contributed by atoms with E-state index in [0.717, 1.165) is 25.8 Å². The van der Waals surface area contributed by atoms with E-state index in [0.29, 0.717) is 18.7 Å². The van der Waals surface area contributed by atoms with E-state index in [1.807, 2.05) is 31.2 Å². The van der Waals surface area contributed by atoms with Crippen molar-refractivity contribution in [1.82, 2.24) is 10.2 Å². The number of hydrogen-bond donors (Lipinski definition) is 1. The van der Waals surface area contributed by atoms with E-state index in [-0.39, 0.29) is 29.9 Å². The Balaban J connectivity index is 1.82. The van der Waals surface area contributed by atoms with E-state index in [4.69, 9.17) is 4.74 Å². The van der Waals surface area contributed by atoms with Gasteiger partial charge in [0.15, 0.2) is 6.61 Å². The van der Waals surface area contributed by atoms with Crippen molar-refractivity contribution in [3.8, 4) is 5.75 Å². The summed E-state index contributed by atoms with van der Waals surface area (Å²) in [5, 5.41) is 3.03. The quantitative estimate of drug-likeness (QED) is 0.847. The molecule has 1 aromatic carbocycles. The summed E-state index contributed by atoms with van der Waals surface area (Å²) in [5.41, 5.74) is 1.33. The van der Waals surface area contributed by atoms with Crippen LogP contribution < -0.4 is 10.1 Å². The van der Waals surface area contributed by atoms with Crippen LogP contribution in [0.25, 0.3) is 0 Å². The van der Waals surface area contributed by atoms with Crippen LogP contribution in [0.1, 0.15) is 58.9 Å². The highest BCUT2D eigenvalue weighted by atomic mass is 16.5. The van der Waals surface area contributed by atoms with Gasteiger partial charge >= 0.3 is 0 Å². The van der Waals surface area contributed by atoms with Gasteiger partial charge in [0.1, 0.15) is 5.75 Å². The van der Waals surface area contributed by atoms with Gasteiger partial charge < -0.3 is 15.0 Å². The topological polar surface area (TPSA) is 58.6 Å². The zero-order valence-electron chi connectivity index (χ0n) is 16.5. The number of nitrogens with one attached hydrogen (secondary N) is 1. The number of amides is 2. The summed E-state index contributed by atoms with van der Waals surface area (Å²) in [6.45, 7) is 9.81. The van der Waals surface area contributed by atoms with Gasteiger partial charge in [-0.15, -0.1) is 0 Å². The lowest BCUT2D eigenvalue weighted by molar-refractivity contribution is -0.135. The van der Waals surface area contributed by atoms with Crippen LogP contribution in [0.15, 0.2) is 24.3 Å². The Hall–Kier alpha value is -2.04. The maximum atomic E-state index is 12.4. The first-order valence-electron chi connectivity index (χ1n) is 9.60. The first kappa shape index (κ1) is 20.3. The number of piperidine rings is 1. The fraction of sp³-hybridized carbons (Fsp3) is 0.619. The first-order chi connectivity index (χ1) is 12.3. The van der Waals surface area contributed by atoms with Gasteiger partial charge in [0.25, 0.3) is 5.91 Å². The van der Waals surface area contributed by atoms with Gasteiger partial charge in [-0.1, -0.05) is 39.8 Å². The summed E-state index contributed by atoms with van der Waals surface area (Å²) >= 11 is 0. The Kier molecular flexibility index (Phi) is 7.06. The molecule has 1 heterocycles. The molecule has 0 aliphatic carbocycles. The molecular weight excluding hydrogens is 328 g/mol. The maximum absolute atomic E-state index is 12.4. The maximum Gasteiger partial charge on any atom is 0.260 e. The average molecular weight is 360 g/mol. The van der Waals surface area contributed by atoms with Gasteiger partial charge in [0.05, 0.1) is 0 Å². The Labute approximate surface area is 157 Å². The summed E-state index contributed by atoms with van der Waals surface area (Å²) in [7, 11) is 0. The molecule has 0 spiro atoms. The molecule has 1 fully saturated rings. The third-order valence-electron chi connectivity index (χ3n) is 4.70. The Bertz CT molecular complexity index is 605. The largest absolute Gasteiger partial charge is 0.484 e. The zero-order chi connectivity index (χ0) is 19.2. The number of nitrogens with zero attached hydrogens (tertiary/aromatic N) is 1. The van der Waals surface area contributed by atoms with E-state index >= 15 is 0 Å². The van der Waals surface area contributed by atoms with Crippen LogP contribution in [0.3, 0.4) is 0 Å². The lowest BCUT2D eigenvalue weighted by Gasteiger charge is -2.33. The van der Waals surface area contributed by atoms with Crippen LogP contribution in [0, 0.1) is 0 Å². The lowest BCUT2D eigenvalue weighted by atomic mass is 9.87. The number of hydrogen-bond acceptors (Lipinski definition) is 3. The van der Waals surface area contributed by atoms with Crippen molar-refractivity contribution in [2.24, 2.45) is 0 Å². The van der Waals surface area contributed by atoms with Crippen LogP contribution in [-0.4, -0.2) is 42.5 Å². The second-order valence-electron chi connectivity index (χ2n) is 8.06. The molecule has 26 heavy (non-hydrogen) atoms. The molecule has 144 valence electrons. The molecule has 0 aromatic heterocycles.